The Morgan fingerprint density at radius 1 is 1.06 bits per heavy atom. The third kappa shape index (κ3) is 3.24. The summed E-state index contributed by atoms with van der Waals surface area (Å²) in [6.07, 6.45) is 4.01. The second kappa shape index (κ2) is 7.64. The fourth-order valence-electron chi connectivity index (χ4n) is 4.39. The molecule has 0 bridgehead atoms. The van der Waals surface area contributed by atoms with E-state index in [0.29, 0.717) is 16.8 Å². The van der Waals surface area contributed by atoms with Crippen LogP contribution in [-0.2, 0) is 16.0 Å². The third-order valence-corrected chi connectivity index (χ3v) is 5.95. The number of aryl methyl sites for hydroxylation is 1. The number of nitrogens with zero attached hydrogens (tertiary/aromatic N) is 2. The normalized spacial score (nSPS) is 21.5. The summed E-state index contributed by atoms with van der Waals surface area (Å²) in [6.45, 7) is 3.94. The topological polar surface area (TPSA) is 79.7 Å². The molecule has 1 fully saturated rings. The number of aliphatic hydroxyl groups is 1. The highest BCUT2D eigenvalue weighted by molar-refractivity contribution is 6.51. The minimum absolute atomic E-state index is 0.0614. The van der Waals surface area contributed by atoms with Crippen molar-refractivity contribution in [1.29, 1.82) is 0 Å². The van der Waals surface area contributed by atoms with Crippen molar-refractivity contribution in [3.05, 3.63) is 94.8 Å². The molecule has 0 saturated carbocycles. The van der Waals surface area contributed by atoms with Crippen LogP contribution in [0.2, 0.25) is 0 Å². The van der Waals surface area contributed by atoms with E-state index in [1.54, 1.807) is 36.7 Å². The number of rotatable bonds is 3. The molecule has 0 aliphatic carbocycles. The van der Waals surface area contributed by atoms with Crippen molar-refractivity contribution >= 4 is 23.1 Å². The van der Waals surface area contributed by atoms with E-state index in [1.165, 1.54) is 4.90 Å². The van der Waals surface area contributed by atoms with Crippen LogP contribution in [0.25, 0.3) is 5.76 Å². The van der Waals surface area contributed by atoms with E-state index in [2.05, 4.69) is 4.98 Å². The molecule has 2 aliphatic heterocycles. The Hall–Kier alpha value is -3.93. The maximum Gasteiger partial charge on any atom is 0.300 e. The predicted molar refractivity (Wildman–Crippen MR) is 120 cm³/mol. The highest BCUT2D eigenvalue weighted by Crippen LogP contribution is 2.42. The Morgan fingerprint density at radius 3 is 2.50 bits per heavy atom. The number of amides is 1. The van der Waals surface area contributed by atoms with Crippen LogP contribution < -0.4 is 9.64 Å². The summed E-state index contributed by atoms with van der Waals surface area (Å²) >= 11 is 0. The van der Waals surface area contributed by atoms with Gasteiger partial charge in [-0.05, 0) is 67.4 Å². The third-order valence-electron chi connectivity index (χ3n) is 5.95. The van der Waals surface area contributed by atoms with E-state index in [1.807, 2.05) is 44.2 Å². The molecular weight excluding hydrogens is 404 g/mol. The summed E-state index contributed by atoms with van der Waals surface area (Å²) in [5, 5.41) is 11.3. The molecule has 5 rings (SSSR count). The number of carbonyl (C=O) groups excluding carboxylic acids is 2. The van der Waals surface area contributed by atoms with Crippen LogP contribution in [0.15, 0.2) is 72.6 Å². The van der Waals surface area contributed by atoms with Gasteiger partial charge in [-0.15, -0.1) is 0 Å². The van der Waals surface area contributed by atoms with Crippen molar-refractivity contribution in [3.8, 4) is 5.75 Å². The quantitative estimate of drug-likeness (QED) is 0.383. The Bertz CT molecular complexity index is 1250. The highest BCUT2D eigenvalue weighted by atomic mass is 16.5. The van der Waals surface area contributed by atoms with Crippen LogP contribution in [-0.4, -0.2) is 27.9 Å². The fraction of sp³-hybridized carbons (Fsp3) is 0.192. The molecule has 6 heteroatoms. The summed E-state index contributed by atoms with van der Waals surface area (Å²) in [6, 6.07) is 15.5. The van der Waals surface area contributed by atoms with Crippen LogP contribution in [0, 0.1) is 6.92 Å². The molecule has 2 aromatic carbocycles. The van der Waals surface area contributed by atoms with Crippen LogP contribution in [0.4, 0.5) is 5.69 Å². The number of Topliss-reactive ketones (excluding diaryl/α,β-unsaturated/α-hetero) is 1. The summed E-state index contributed by atoms with van der Waals surface area (Å²) in [7, 11) is 0. The van der Waals surface area contributed by atoms with Gasteiger partial charge in [0.25, 0.3) is 11.7 Å². The maximum atomic E-state index is 13.2. The zero-order valence-electron chi connectivity index (χ0n) is 17.8. The maximum absolute atomic E-state index is 13.2. The fourth-order valence-corrected chi connectivity index (χ4v) is 4.39. The van der Waals surface area contributed by atoms with Crippen molar-refractivity contribution in [1.82, 2.24) is 4.98 Å². The Labute approximate surface area is 185 Å². The zero-order valence-corrected chi connectivity index (χ0v) is 17.8. The zero-order chi connectivity index (χ0) is 22.4. The van der Waals surface area contributed by atoms with Gasteiger partial charge in [-0.2, -0.15) is 0 Å². The molecule has 0 spiro atoms. The largest absolute Gasteiger partial charge is 0.507 e. The molecule has 1 N–H and O–H groups in total. The molecule has 1 aromatic heterocycles. The number of anilines is 1. The lowest BCUT2D eigenvalue weighted by Gasteiger charge is -2.25. The van der Waals surface area contributed by atoms with Gasteiger partial charge in [0.2, 0.25) is 0 Å². The van der Waals surface area contributed by atoms with E-state index >= 15 is 0 Å². The van der Waals surface area contributed by atoms with Crippen molar-refractivity contribution < 1.29 is 19.4 Å². The molecular formula is C26H22N2O4. The molecule has 6 nitrogen and oxygen atoms in total. The average molecular weight is 426 g/mol. The molecule has 2 aliphatic rings. The van der Waals surface area contributed by atoms with E-state index < -0.39 is 17.7 Å². The molecule has 3 aromatic rings. The number of fused-ring (bicyclic) bond motifs is 1. The van der Waals surface area contributed by atoms with E-state index in [0.717, 1.165) is 23.3 Å². The minimum atomic E-state index is -0.760. The van der Waals surface area contributed by atoms with Gasteiger partial charge in [0.1, 0.15) is 17.6 Å². The molecule has 2 atom stereocenters. The van der Waals surface area contributed by atoms with Gasteiger partial charge in [-0.1, -0.05) is 17.7 Å². The van der Waals surface area contributed by atoms with Crippen molar-refractivity contribution in [2.45, 2.75) is 32.4 Å². The number of aromatic nitrogens is 1. The van der Waals surface area contributed by atoms with Gasteiger partial charge in [-0.25, -0.2) is 0 Å². The lowest BCUT2D eigenvalue weighted by Crippen LogP contribution is -2.29. The van der Waals surface area contributed by atoms with Crippen LogP contribution in [0.1, 0.15) is 35.2 Å². The first-order chi connectivity index (χ1) is 15.4. The number of carbonyl (C=O) groups is 2. The molecule has 1 amide bonds. The van der Waals surface area contributed by atoms with Crippen LogP contribution in [0.5, 0.6) is 5.75 Å². The van der Waals surface area contributed by atoms with Gasteiger partial charge < -0.3 is 9.84 Å². The molecule has 3 heterocycles. The van der Waals surface area contributed by atoms with Gasteiger partial charge in [0.05, 0.1) is 11.6 Å². The Balaban J connectivity index is 1.68. The summed E-state index contributed by atoms with van der Waals surface area (Å²) < 4.78 is 5.75. The Kier molecular flexibility index (Phi) is 4.78. The minimum Gasteiger partial charge on any atom is -0.507 e. The Morgan fingerprint density at radius 2 is 1.78 bits per heavy atom. The summed E-state index contributed by atoms with van der Waals surface area (Å²) in [5.74, 6) is -0.799. The van der Waals surface area contributed by atoms with Gasteiger partial charge >= 0.3 is 0 Å². The number of hydrogen-bond donors (Lipinski definition) is 1. The number of benzene rings is 2. The predicted octanol–water partition coefficient (Wildman–Crippen LogP) is 4.34. The first-order valence-corrected chi connectivity index (χ1v) is 10.5. The SMILES string of the molecule is Cc1ccc(N2C(=O)C(=O)/C(=C(\O)c3ccc4c(c3)CC(C)O4)C2c2ccncc2)cc1. The van der Waals surface area contributed by atoms with Crippen molar-refractivity contribution in [2.24, 2.45) is 0 Å². The standard InChI is InChI=1S/C26H22N2O4/c1-15-3-6-20(7-4-15)28-23(17-9-11-27-12-10-17)22(25(30)26(28)31)24(29)18-5-8-21-19(14-18)13-16(2)32-21/h3-12,14,16,23,29H,13H2,1-2H3/b24-22-. The monoisotopic (exact) mass is 426 g/mol. The van der Waals surface area contributed by atoms with E-state index in [4.69, 9.17) is 4.74 Å². The second-order valence-corrected chi connectivity index (χ2v) is 8.24. The summed E-state index contributed by atoms with van der Waals surface area (Å²) in [5.41, 5.74) is 3.85. The van der Waals surface area contributed by atoms with Crippen LogP contribution >= 0.6 is 0 Å². The number of ether oxygens (including phenoxy) is 1. The molecule has 32 heavy (non-hydrogen) atoms. The second-order valence-electron chi connectivity index (χ2n) is 8.24. The summed E-state index contributed by atoms with van der Waals surface area (Å²) in [4.78, 5) is 31.8. The van der Waals surface area contributed by atoms with Crippen molar-refractivity contribution in [3.63, 3.8) is 0 Å². The number of aliphatic hydroxyl groups excluding tert-OH is 1. The molecule has 160 valence electrons. The lowest BCUT2D eigenvalue weighted by molar-refractivity contribution is -0.132. The van der Waals surface area contributed by atoms with E-state index in [-0.39, 0.29) is 17.4 Å². The number of ketones is 1. The van der Waals surface area contributed by atoms with Crippen LogP contribution in [0.3, 0.4) is 0 Å². The molecule has 2 unspecified atom stereocenters. The molecule has 1 saturated heterocycles. The number of hydrogen-bond acceptors (Lipinski definition) is 5. The van der Waals surface area contributed by atoms with Gasteiger partial charge in [-0.3, -0.25) is 19.5 Å². The first kappa shape index (κ1) is 20.0. The van der Waals surface area contributed by atoms with Crippen molar-refractivity contribution in [2.75, 3.05) is 4.90 Å². The van der Waals surface area contributed by atoms with Gasteiger partial charge in [0.15, 0.2) is 0 Å². The number of pyridine rings is 1. The molecule has 0 radical (unpaired) electrons. The highest BCUT2D eigenvalue weighted by Gasteiger charge is 2.47. The smallest absolute Gasteiger partial charge is 0.300 e. The van der Waals surface area contributed by atoms with Gasteiger partial charge in [0, 0.05) is 30.1 Å². The van der Waals surface area contributed by atoms with E-state index in [9.17, 15) is 14.7 Å². The first-order valence-electron chi connectivity index (χ1n) is 10.5. The average Bonchev–Trinajstić information content (AvgIpc) is 3.30. The lowest BCUT2D eigenvalue weighted by atomic mass is 9.95.